The highest BCUT2D eigenvalue weighted by Gasteiger charge is 2.09. The van der Waals surface area contributed by atoms with Crippen LogP contribution in [0.5, 0.6) is 0 Å². The molecular formula is C9H17NO2. The predicted molar refractivity (Wildman–Crippen MR) is 47.8 cm³/mol. The van der Waals surface area contributed by atoms with Crippen LogP contribution in [0, 0.1) is 5.41 Å². The first-order valence-corrected chi connectivity index (χ1v) is 3.98. The van der Waals surface area contributed by atoms with Crippen LogP contribution in [0.25, 0.3) is 0 Å². The summed E-state index contributed by atoms with van der Waals surface area (Å²) >= 11 is 0. The summed E-state index contributed by atoms with van der Waals surface area (Å²) in [7, 11) is 0. The van der Waals surface area contributed by atoms with Crippen LogP contribution in [0.3, 0.4) is 0 Å². The minimum atomic E-state index is -0.431. The van der Waals surface area contributed by atoms with Gasteiger partial charge in [0, 0.05) is 5.57 Å². The molecule has 0 aliphatic carbocycles. The van der Waals surface area contributed by atoms with Gasteiger partial charge in [-0.15, -0.1) is 0 Å². The number of carbonyl (C=O) groups excluding carboxylic acids is 1. The number of amides is 1. The van der Waals surface area contributed by atoms with Crippen molar-refractivity contribution in [3.05, 3.63) is 11.6 Å². The third-order valence-electron chi connectivity index (χ3n) is 1.48. The summed E-state index contributed by atoms with van der Waals surface area (Å²) in [6.45, 7) is 7.95. The molecule has 0 rings (SSSR count). The number of carbonyl (C=O) groups is 1. The minimum Gasteiger partial charge on any atom is -0.288 e. The van der Waals surface area contributed by atoms with Gasteiger partial charge in [0.15, 0.2) is 0 Å². The van der Waals surface area contributed by atoms with E-state index < -0.39 is 5.91 Å². The molecule has 0 saturated carbocycles. The molecule has 0 unspecified atom stereocenters. The summed E-state index contributed by atoms with van der Waals surface area (Å²) in [5.41, 5.74) is 2.32. The van der Waals surface area contributed by atoms with E-state index in [0.717, 1.165) is 6.42 Å². The summed E-state index contributed by atoms with van der Waals surface area (Å²) in [5, 5.41) is 8.29. The molecule has 0 spiro atoms. The van der Waals surface area contributed by atoms with Crippen molar-refractivity contribution in [2.45, 2.75) is 34.1 Å². The Morgan fingerprint density at radius 1 is 1.50 bits per heavy atom. The second kappa shape index (κ2) is 4.26. The van der Waals surface area contributed by atoms with E-state index in [0.29, 0.717) is 5.57 Å². The van der Waals surface area contributed by atoms with E-state index in [9.17, 15) is 4.79 Å². The van der Waals surface area contributed by atoms with Crippen molar-refractivity contribution < 1.29 is 10.0 Å². The van der Waals surface area contributed by atoms with Crippen molar-refractivity contribution in [3.63, 3.8) is 0 Å². The molecule has 0 aliphatic rings. The van der Waals surface area contributed by atoms with Gasteiger partial charge < -0.3 is 0 Å². The first kappa shape index (κ1) is 11.2. The van der Waals surface area contributed by atoms with Crippen LogP contribution < -0.4 is 5.48 Å². The van der Waals surface area contributed by atoms with Crippen molar-refractivity contribution in [2.24, 2.45) is 5.41 Å². The van der Waals surface area contributed by atoms with Crippen LogP contribution in [0.2, 0.25) is 0 Å². The molecule has 3 nitrogen and oxygen atoms in total. The lowest BCUT2D eigenvalue weighted by molar-refractivity contribution is -0.125. The molecule has 0 aromatic heterocycles. The van der Waals surface area contributed by atoms with Gasteiger partial charge in [-0.05, 0) is 18.8 Å². The second-order valence-electron chi connectivity index (χ2n) is 4.09. The lowest BCUT2D eigenvalue weighted by Crippen LogP contribution is -2.19. The van der Waals surface area contributed by atoms with Crippen LogP contribution in [-0.4, -0.2) is 11.1 Å². The van der Waals surface area contributed by atoms with Crippen LogP contribution in [0.15, 0.2) is 11.6 Å². The fraction of sp³-hybridized carbons (Fsp3) is 0.667. The molecule has 0 aromatic carbocycles. The number of allylic oxidation sites excluding steroid dienone is 1. The van der Waals surface area contributed by atoms with E-state index in [1.165, 1.54) is 0 Å². The largest absolute Gasteiger partial charge is 0.288 e. The summed E-state index contributed by atoms with van der Waals surface area (Å²) in [5.74, 6) is -0.431. The fourth-order valence-electron chi connectivity index (χ4n) is 0.640. The van der Waals surface area contributed by atoms with E-state index >= 15 is 0 Å². The molecule has 0 radical (unpaired) electrons. The highest BCUT2D eigenvalue weighted by atomic mass is 16.5. The highest BCUT2D eigenvalue weighted by Crippen LogP contribution is 2.19. The molecular weight excluding hydrogens is 154 g/mol. The third-order valence-corrected chi connectivity index (χ3v) is 1.48. The Bertz CT molecular complexity index is 189. The third kappa shape index (κ3) is 4.91. The lowest BCUT2D eigenvalue weighted by Gasteiger charge is -2.15. The number of hydrogen-bond donors (Lipinski definition) is 2. The number of rotatable bonds is 2. The fourth-order valence-corrected chi connectivity index (χ4v) is 0.640. The maximum Gasteiger partial charge on any atom is 0.269 e. The molecule has 12 heavy (non-hydrogen) atoms. The molecule has 70 valence electrons. The summed E-state index contributed by atoms with van der Waals surface area (Å²) < 4.78 is 0. The Morgan fingerprint density at radius 3 is 2.33 bits per heavy atom. The zero-order valence-corrected chi connectivity index (χ0v) is 8.14. The zero-order chi connectivity index (χ0) is 9.78. The molecule has 2 N–H and O–H groups in total. The van der Waals surface area contributed by atoms with E-state index in [4.69, 9.17) is 5.21 Å². The van der Waals surface area contributed by atoms with Gasteiger partial charge in [-0.1, -0.05) is 26.8 Å². The van der Waals surface area contributed by atoms with Crippen molar-refractivity contribution in [1.29, 1.82) is 0 Å². The molecule has 0 saturated heterocycles. The molecule has 0 aliphatic heterocycles. The molecule has 0 aromatic rings. The van der Waals surface area contributed by atoms with E-state index in [-0.39, 0.29) is 5.41 Å². The topological polar surface area (TPSA) is 49.3 Å². The Hall–Kier alpha value is -0.830. The first-order chi connectivity index (χ1) is 5.37. The van der Waals surface area contributed by atoms with Gasteiger partial charge in [-0.2, -0.15) is 0 Å². The van der Waals surface area contributed by atoms with Crippen molar-refractivity contribution >= 4 is 5.91 Å². The quantitative estimate of drug-likeness (QED) is 0.378. The van der Waals surface area contributed by atoms with E-state index in [1.807, 2.05) is 6.08 Å². The van der Waals surface area contributed by atoms with Gasteiger partial charge in [0.25, 0.3) is 5.91 Å². The highest BCUT2D eigenvalue weighted by molar-refractivity contribution is 5.91. The van der Waals surface area contributed by atoms with Crippen LogP contribution in [-0.2, 0) is 4.79 Å². The molecule has 0 bridgehead atoms. The van der Waals surface area contributed by atoms with Gasteiger partial charge in [0.2, 0.25) is 0 Å². The molecule has 1 amide bonds. The van der Waals surface area contributed by atoms with Crippen molar-refractivity contribution in [1.82, 2.24) is 5.48 Å². The summed E-state index contributed by atoms with van der Waals surface area (Å²) in [4.78, 5) is 10.8. The van der Waals surface area contributed by atoms with Crippen molar-refractivity contribution in [3.8, 4) is 0 Å². The average Bonchev–Trinajstić information content (AvgIpc) is 1.97. The summed E-state index contributed by atoms with van der Waals surface area (Å²) in [6.07, 6.45) is 2.65. The van der Waals surface area contributed by atoms with Gasteiger partial charge in [0.05, 0.1) is 0 Å². The van der Waals surface area contributed by atoms with Crippen molar-refractivity contribution in [2.75, 3.05) is 0 Å². The van der Waals surface area contributed by atoms with Gasteiger partial charge in [0.1, 0.15) is 0 Å². The number of hydrogen-bond acceptors (Lipinski definition) is 2. The first-order valence-electron chi connectivity index (χ1n) is 3.98. The molecule has 0 fully saturated rings. The number of hydroxylamine groups is 1. The maximum atomic E-state index is 10.8. The molecule has 3 heteroatoms. The lowest BCUT2D eigenvalue weighted by atomic mass is 9.91. The Kier molecular flexibility index (Phi) is 3.96. The van der Waals surface area contributed by atoms with Crippen LogP contribution in [0.4, 0.5) is 0 Å². The monoisotopic (exact) mass is 171 g/mol. The van der Waals surface area contributed by atoms with Gasteiger partial charge >= 0.3 is 0 Å². The molecule has 0 atom stereocenters. The second-order valence-corrected chi connectivity index (χ2v) is 4.09. The smallest absolute Gasteiger partial charge is 0.269 e. The van der Waals surface area contributed by atoms with Gasteiger partial charge in [-0.25, -0.2) is 5.48 Å². The molecule has 0 heterocycles. The van der Waals surface area contributed by atoms with Gasteiger partial charge in [-0.3, -0.25) is 10.0 Å². The standard InChI is InChI=1S/C9H17NO2/c1-7(8(11)10-12)5-6-9(2,3)4/h5,12H,6H2,1-4H3,(H,10,11). The summed E-state index contributed by atoms with van der Waals surface area (Å²) in [6, 6.07) is 0. The van der Waals surface area contributed by atoms with Crippen LogP contribution in [0.1, 0.15) is 34.1 Å². The van der Waals surface area contributed by atoms with E-state index in [2.05, 4.69) is 20.8 Å². The SMILES string of the molecule is CC(=CCC(C)(C)C)C(=O)NO. The number of nitrogens with one attached hydrogen (secondary N) is 1. The Labute approximate surface area is 73.4 Å². The van der Waals surface area contributed by atoms with E-state index in [1.54, 1.807) is 12.4 Å². The maximum absolute atomic E-state index is 10.8. The predicted octanol–water partition coefficient (Wildman–Crippen LogP) is 1.87. The Balaban J connectivity index is 4.10. The zero-order valence-electron chi connectivity index (χ0n) is 8.14. The van der Waals surface area contributed by atoms with Crippen LogP contribution >= 0.6 is 0 Å². The average molecular weight is 171 g/mol. The minimum absolute atomic E-state index is 0.178. The normalized spacial score (nSPS) is 12.9. The Morgan fingerprint density at radius 2 is 2.00 bits per heavy atom.